The van der Waals surface area contributed by atoms with Crippen LogP contribution in [0, 0.1) is 20.8 Å². The van der Waals surface area contributed by atoms with Crippen molar-refractivity contribution in [3.05, 3.63) is 53.6 Å². The SMILES string of the molecule is Cc1cc(C)n(-c2ncnc(Nc3ccccc3C)c2N)n1. The molecule has 6 nitrogen and oxygen atoms in total. The van der Waals surface area contributed by atoms with Crippen molar-refractivity contribution in [1.29, 1.82) is 0 Å². The van der Waals surface area contributed by atoms with Gasteiger partial charge in [-0.25, -0.2) is 14.6 Å². The summed E-state index contributed by atoms with van der Waals surface area (Å²) >= 11 is 0. The number of rotatable bonds is 3. The van der Waals surface area contributed by atoms with Crippen LogP contribution in [0.15, 0.2) is 36.7 Å². The average Bonchev–Trinajstić information content (AvgIpc) is 2.82. The second kappa shape index (κ2) is 5.48. The second-order valence-electron chi connectivity index (χ2n) is 5.24. The molecule has 0 aliphatic rings. The van der Waals surface area contributed by atoms with E-state index in [-0.39, 0.29) is 0 Å². The minimum absolute atomic E-state index is 0.469. The minimum Gasteiger partial charge on any atom is -0.393 e. The van der Waals surface area contributed by atoms with E-state index in [0.29, 0.717) is 17.3 Å². The molecule has 0 atom stereocenters. The van der Waals surface area contributed by atoms with Crippen LogP contribution < -0.4 is 11.1 Å². The number of aryl methyl sites for hydroxylation is 3. The highest BCUT2D eigenvalue weighted by Gasteiger charge is 2.13. The van der Waals surface area contributed by atoms with Crippen molar-refractivity contribution in [2.45, 2.75) is 20.8 Å². The van der Waals surface area contributed by atoms with Gasteiger partial charge in [0.25, 0.3) is 0 Å². The van der Waals surface area contributed by atoms with Crippen LogP contribution in [-0.2, 0) is 0 Å². The van der Waals surface area contributed by atoms with Crippen LogP contribution in [0.3, 0.4) is 0 Å². The molecule has 1 aromatic carbocycles. The highest BCUT2D eigenvalue weighted by atomic mass is 15.3. The predicted molar refractivity (Wildman–Crippen MR) is 87.5 cm³/mol. The lowest BCUT2D eigenvalue weighted by Gasteiger charge is -2.13. The van der Waals surface area contributed by atoms with Gasteiger partial charge in [0.05, 0.1) is 5.69 Å². The van der Waals surface area contributed by atoms with E-state index in [1.54, 1.807) is 4.68 Å². The van der Waals surface area contributed by atoms with Crippen LogP contribution in [0.1, 0.15) is 17.0 Å². The van der Waals surface area contributed by atoms with Gasteiger partial charge in [0.15, 0.2) is 11.6 Å². The predicted octanol–water partition coefficient (Wildman–Crippen LogP) is 2.91. The highest BCUT2D eigenvalue weighted by Crippen LogP contribution is 2.26. The zero-order chi connectivity index (χ0) is 15.7. The molecule has 2 aromatic heterocycles. The Morgan fingerprint density at radius 2 is 1.86 bits per heavy atom. The Morgan fingerprint density at radius 1 is 1.09 bits per heavy atom. The van der Waals surface area contributed by atoms with Crippen molar-refractivity contribution >= 4 is 17.2 Å². The van der Waals surface area contributed by atoms with Gasteiger partial charge >= 0.3 is 0 Å². The standard InChI is InChI=1S/C16H18N6/c1-10-6-4-5-7-13(10)20-15-14(17)16(19-9-18-15)22-12(3)8-11(2)21-22/h4-9H,17H2,1-3H3,(H,18,19,20). The third-order valence-electron chi connectivity index (χ3n) is 3.47. The summed E-state index contributed by atoms with van der Waals surface area (Å²) in [6.07, 6.45) is 1.49. The number of benzene rings is 1. The van der Waals surface area contributed by atoms with E-state index >= 15 is 0 Å². The van der Waals surface area contributed by atoms with Crippen LogP contribution in [0.4, 0.5) is 17.2 Å². The lowest BCUT2D eigenvalue weighted by atomic mass is 10.2. The molecule has 0 saturated heterocycles. The van der Waals surface area contributed by atoms with Gasteiger partial charge in [-0.3, -0.25) is 0 Å². The van der Waals surface area contributed by atoms with Crippen molar-refractivity contribution in [2.24, 2.45) is 0 Å². The molecule has 0 radical (unpaired) electrons. The van der Waals surface area contributed by atoms with E-state index in [9.17, 15) is 0 Å². The zero-order valence-corrected chi connectivity index (χ0v) is 12.8. The van der Waals surface area contributed by atoms with Crippen LogP contribution >= 0.6 is 0 Å². The lowest BCUT2D eigenvalue weighted by molar-refractivity contribution is 0.804. The molecule has 0 aliphatic carbocycles. The number of hydrogen-bond donors (Lipinski definition) is 2. The van der Waals surface area contributed by atoms with Crippen molar-refractivity contribution in [2.75, 3.05) is 11.1 Å². The first kappa shape index (κ1) is 14.1. The number of nitrogens with two attached hydrogens (primary N) is 1. The Labute approximate surface area is 129 Å². The molecule has 0 saturated carbocycles. The molecule has 0 aliphatic heterocycles. The molecule has 0 amide bonds. The minimum atomic E-state index is 0.469. The van der Waals surface area contributed by atoms with Gasteiger partial charge in [0, 0.05) is 11.4 Å². The molecule has 3 aromatic rings. The molecule has 3 N–H and O–H groups in total. The monoisotopic (exact) mass is 294 g/mol. The third-order valence-corrected chi connectivity index (χ3v) is 3.47. The maximum absolute atomic E-state index is 6.24. The third kappa shape index (κ3) is 2.50. The summed E-state index contributed by atoms with van der Waals surface area (Å²) < 4.78 is 1.73. The van der Waals surface area contributed by atoms with Crippen molar-refractivity contribution in [3.63, 3.8) is 0 Å². The average molecular weight is 294 g/mol. The number of aromatic nitrogens is 4. The normalized spacial score (nSPS) is 10.7. The Balaban J connectivity index is 2.03. The summed E-state index contributed by atoms with van der Waals surface area (Å²) in [5.41, 5.74) is 10.7. The smallest absolute Gasteiger partial charge is 0.182 e. The molecule has 0 fully saturated rings. The fraction of sp³-hybridized carbons (Fsp3) is 0.188. The summed E-state index contributed by atoms with van der Waals surface area (Å²) in [7, 11) is 0. The van der Waals surface area contributed by atoms with E-state index in [4.69, 9.17) is 5.73 Å². The van der Waals surface area contributed by atoms with Gasteiger partial charge in [-0.15, -0.1) is 0 Å². The van der Waals surface area contributed by atoms with Crippen molar-refractivity contribution < 1.29 is 0 Å². The first-order chi connectivity index (χ1) is 10.6. The largest absolute Gasteiger partial charge is 0.393 e. The van der Waals surface area contributed by atoms with Gasteiger partial charge in [-0.1, -0.05) is 18.2 Å². The van der Waals surface area contributed by atoms with Crippen LogP contribution in [0.25, 0.3) is 5.82 Å². The summed E-state index contributed by atoms with van der Waals surface area (Å²) in [6, 6.07) is 9.96. The fourth-order valence-electron chi connectivity index (χ4n) is 2.34. The number of nitrogens with one attached hydrogen (secondary N) is 1. The van der Waals surface area contributed by atoms with Crippen LogP contribution in [-0.4, -0.2) is 19.7 Å². The van der Waals surface area contributed by atoms with E-state index in [1.165, 1.54) is 6.33 Å². The number of para-hydroxylation sites is 1. The van der Waals surface area contributed by atoms with Gasteiger partial charge in [-0.05, 0) is 38.5 Å². The first-order valence-corrected chi connectivity index (χ1v) is 7.03. The number of hydrogen-bond acceptors (Lipinski definition) is 5. The first-order valence-electron chi connectivity index (χ1n) is 7.03. The van der Waals surface area contributed by atoms with Gasteiger partial charge < -0.3 is 11.1 Å². The molecule has 6 heteroatoms. The Bertz CT molecular complexity index is 821. The molecule has 2 heterocycles. The number of anilines is 3. The van der Waals surface area contributed by atoms with Gasteiger partial charge in [0.2, 0.25) is 0 Å². The molecule has 0 spiro atoms. The summed E-state index contributed by atoms with van der Waals surface area (Å²) in [5.74, 6) is 1.16. The van der Waals surface area contributed by atoms with E-state index < -0.39 is 0 Å². The Morgan fingerprint density at radius 3 is 2.55 bits per heavy atom. The van der Waals surface area contributed by atoms with E-state index in [1.807, 2.05) is 51.1 Å². The molecule has 3 rings (SSSR count). The van der Waals surface area contributed by atoms with Gasteiger partial charge in [0.1, 0.15) is 12.0 Å². The summed E-state index contributed by atoms with van der Waals surface area (Å²) in [5, 5.41) is 7.69. The highest BCUT2D eigenvalue weighted by molar-refractivity contribution is 5.74. The molecular weight excluding hydrogens is 276 g/mol. The van der Waals surface area contributed by atoms with Crippen LogP contribution in [0.5, 0.6) is 0 Å². The van der Waals surface area contributed by atoms with Crippen LogP contribution in [0.2, 0.25) is 0 Å². The molecular formula is C16H18N6. The van der Waals surface area contributed by atoms with Crippen molar-refractivity contribution in [1.82, 2.24) is 19.7 Å². The number of nitrogen functional groups attached to an aromatic ring is 1. The molecule has 112 valence electrons. The van der Waals surface area contributed by atoms with E-state index in [2.05, 4.69) is 20.4 Å². The Hall–Kier alpha value is -2.89. The van der Waals surface area contributed by atoms with Gasteiger partial charge in [-0.2, -0.15) is 5.10 Å². The zero-order valence-electron chi connectivity index (χ0n) is 12.8. The maximum atomic E-state index is 6.24. The second-order valence-corrected chi connectivity index (χ2v) is 5.24. The topological polar surface area (TPSA) is 81.7 Å². The molecule has 22 heavy (non-hydrogen) atoms. The fourth-order valence-corrected chi connectivity index (χ4v) is 2.34. The summed E-state index contributed by atoms with van der Waals surface area (Å²) in [4.78, 5) is 8.52. The Kier molecular flexibility index (Phi) is 3.50. The molecule has 0 unspecified atom stereocenters. The summed E-state index contributed by atoms with van der Waals surface area (Å²) in [6.45, 7) is 5.94. The quantitative estimate of drug-likeness (QED) is 0.776. The van der Waals surface area contributed by atoms with Crippen molar-refractivity contribution in [3.8, 4) is 5.82 Å². The van der Waals surface area contributed by atoms with E-state index in [0.717, 1.165) is 22.6 Å². The number of nitrogens with zero attached hydrogens (tertiary/aromatic N) is 4. The maximum Gasteiger partial charge on any atom is 0.182 e. The lowest BCUT2D eigenvalue weighted by Crippen LogP contribution is -2.10. The molecule has 0 bridgehead atoms.